The number of halogens is 2. The van der Waals surface area contributed by atoms with Gasteiger partial charge in [-0.25, -0.2) is 9.38 Å². The lowest BCUT2D eigenvalue weighted by molar-refractivity contribution is 0.495. The van der Waals surface area contributed by atoms with Crippen molar-refractivity contribution in [1.29, 1.82) is 5.26 Å². The first-order valence-corrected chi connectivity index (χ1v) is 9.38. The second-order valence-electron chi connectivity index (χ2n) is 6.19. The van der Waals surface area contributed by atoms with Crippen LogP contribution in [0.4, 0.5) is 10.1 Å². The summed E-state index contributed by atoms with van der Waals surface area (Å²) in [7, 11) is 3.76. The standard InChI is InChI=1S/C20H16ClFN4OS/c1-12-8-18(16(21)9-17(12)24-11-26(2)3)27-20-15(10-23)19(25-28-20)13-4-6-14(22)7-5-13/h4-9,11H,1-3H3/b24-11-. The van der Waals surface area contributed by atoms with Gasteiger partial charge in [-0.3, -0.25) is 0 Å². The van der Waals surface area contributed by atoms with E-state index in [1.165, 1.54) is 12.1 Å². The van der Waals surface area contributed by atoms with Crippen molar-refractivity contribution < 1.29 is 9.13 Å². The van der Waals surface area contributed by atoms with E-state index in [0.717, 1.165) is 22.8 Å². The van der Waals surface area contributed by atoms with Crippen molar-refractivity contribution in [3.63, 3.8) is 0 Å². The number of aliphatic imine (C=N–C) groups is 1. The van der Waals surface area contributed by atoms with Gasteiger partial charge in [-0.2, -0.15) is 9.64 Å². The quantitative estimate of drug-likeness (QED) is 0.391. The van der Waals surface area contributed by atoms with E-state index in [2.05, 4.69) is 15.4 Å². The fourth-order valence-corrected chi connectivity index (χ4v) is 3.32. The van der Waals surface area contributed by atoms with E-state index in [1.54, 1.807) is 30.6 Å². The first-order valence-electron chi connectivity index (χ1n) is 8.23. The molecule has 2 aromatic carbocycles. The summed E-state index contributed by atoms with van der Waals surface area (Å²) in [6.07, 6.45) is 1.69. The first kappa shape index (κ1) is 19.8. The van der Waals surface area contributed by atoms with Gasteiger partial charge in [0.1, 0.15) is 28.9 Å². The van der Waals surface area contributed by atoms with Crippen LogP contribution in [0.25, 0.3) is 11.3 Å². The van der Waals surface area contributed by atoms with E-state index in [4.69, 9.17) is 16.3 Å². The zero-order valence-electron chi connectivity index (χ0n) is 15.4. The molecule has 0 aliphatic heterocycles. The van der Waals surface area contributed by atoms with E-state index in [9.17, 15) is 9.65 Å². The van der Waals surface area contributed by atoms with Gasteiger partial charge in [-0.1, -0.05) is 11.6 Å². The molecule has 1 aromatic heterocycles. The van der Waals surface area contributed by atoms with Gasteiger partial charge in [-0.15, -0.1) is 0 Å². The minimum atomic E-state index is -0.353. The van der Waals surface area contributed by atoms with Gasteiger partial charge < -0.3 is 9.64 Å². The van der Waals surface area contributed by atoms with Gasteiger partial charge in [0.05, 0.1) is 17.0 Å². The van der Waals surface area contributed by atoms with Crippen LogP contribution in [-0.4, -0.2) is 29.7 Å². The Morgan fingerprint density at radius 2 is 2.00 bits per heavy atom. The van der Waals surface area contributed by atoms with Gasteiger partial charge in [0.15, 0.2) is 0 Å². The van der Waals surface area contributed by atoms with Crippen molar-refractivity contribution >= 4 is 35.2 Å². The molecular weight excluding hydrogens is 399 g/mol. The number of nitriles is 1. The normalized spacial score (nSPS) is 10.9. The Labute approximate surface area is 171 Å². The van der Waals surface area contributed by atoms with Gasteiger partial charge in [0, 0.05) is 31.2 Å². The molecule has 0 saturated carbocycles. The van der Waals surface area contributed by atoms with E-state index in [0.29, 0.717) is 27.1 Å². The highest BCUT2D eigenvalue weighted by molar-refractivity contribution is 7.08. The molecule has 0 unspecified atom stereocenters. The van der Waals surface area contributed by atoms with Crippen LogP contribution in [0.3, 0.4) is 0 Å². The fraction of sp³-hybridized carbons (Fsp3) is 0.150. The van der Waals surface area contributed by atoms with E-state index in [1.807, 2.05) is 25.9 Å². The van der Waals surface area contributed by atoms with Crippen molar-refractivity contribution in [2.75, 3.05) is 14.1 Å². The molecule has 5 nitrogen and oxygen atoms in total. The molecule has 3 rings (SSSR count). The fourth-order valence-electron chi connectivity index (χ4n) is 2.39. The zero-order valence-corrected chi connectivity index (χ0v) is 17.0. The summed E-state index contributed by atoms with van der Waals surface area (Å²) in [6, 6.07) is 11.4. The van der Waals surface area contributed by atoms with Gasteiger partial charge in [0.2, 0.25) is 5.06 Å². The maximum atomic E-state index is 13.2. The monoisotopic (exact) mass is 414 g/mol. The molecule has 3 aromatic rings. The second-order valence-corrected chi connectivity index (χ2v) is 7.33. The van der Waals surface area contributed by atoms with Crippen LogP contribution in [0.5, 0.6) is 10.8 Å². The van der Waals surface area contributed by atoms with Gasteiger partial charge >= 0.3 is 0 Å². The van der Waals surface area contributed by atoms with Crippen LogP contribution >= 0.6 is 23.1 Å². The SMILES string of the molecule is Cc1cc(Oc2snc(-c3ccc(F)cc3)c2C#N)c(Cl)cc1/N=C\N(C)C. The van der Waals surface area contributed by atoms with Crippen molar-refractivity contribution in [1.82, 2.24) is 9.27 Å². The zero-order chi connectivity index (χ0) is 20.3. The molecule has 0 aliphatic rings. The molecule has 1 heterocycles. The number of ether oxygens (including phenoxy) is 1. The summed E-state index contributed by atoms with van der Waals surface area (Å²) in [6.45, 7) is 1.90. The number of nitrogens with zero attached hydrogens (tertiary/aromatic N) is 4. The van der Waals surface area contributed by atoms with Crippen molar-refractivity contribution in [2.45, 2.75) is 6.92 Å². The largest absolute Gasteiger partial charge is 0.442 e. The van der Waals surface area contributed by atoms with Crippen LogP contribution in [0, 0.1) is 24.1 Å². The summed E-state index contributed by atoms with van der Waals surface area (Å²) in [5.74, 6) is 0.0574. The summed E-state index contributed by atoms with van der Waals surface area (Å²) in [5, 5.41) is 10.3. The Hall–Kier alpha value is -2.95. The molecule has 0 amide bonds. The Bertz CT molecular complexity index is 1070. The average molecular weight is 415 g/mol. The van der Waals surface area contributed by atoms with Crippen LogP contribution in [-0.2, 0) is 0 Å². The van der Waals surface area contributed by atoms with Crippen molar-refractivity contribution in [3.8, 4) is 28.1 Å². The maximum absolute atomic E-state index is 13.2. The van der Waals surface area contributed by atoms with Crippen molar-refractivity contribution in [3.05, 3.63) is 58.4 Å². The summed E-state index contributed by atoms with van der Waals surface area (Å²) >= 11 is 7.39. The Morgan fingerprint density at radius 3 is 2.64 bits per heavy atom. The van der Waals surface area contributed by atoms with Crippen LogP contribution < -0.4 is 4.74 Å². The summed E-state index contributed by atoms with van der Waals surface area (Å²) in [4.78, 5) is 6.19. The van der Waals surface area contributed by atoms with E-state index < -0.39 is 0 Å². The molecule has 0 fully saturated rings. The lowest BCUT2D eigenvalue weighted by Crippen LogP contribution is -2.07. The molecule has 0 spiro atoms. The predicted octanol–water partition coefficient (Wildman–Crippen LogP) is 5.80. The lowest BCUT2D eigenvalue weighted by Gasteiger charge is -2.10. The third kappa shape index (κ3) is 4.30. The average Bonchev–Trinajstić information content (AvgIpc) is 3.06. The second kappa shape index (κ2) is 8.38. The topological polar surface area (TPSA) is 61.5 Å². The van der Waals surface area contributed by atoms with Gasteiger partial charge in [0.25, 0.3) is 0 Å². The molecular formula is C20H16ClFN4OS. The highest BCUT2D eigenvalue weighted by atomic mass is 35.5. The molecule has 142 valence electrons. The maximum Gasteiger partial charge on any atom is 0.218 e. The molecule has 28 heavy (non-hydrogen) atoms. The smallest absolute Gasteiger partial charge is 0.218 e. The minimum absolute atomic E-state index is 0.278. The number of aryl methyl sites for hydroxylation is 1. The summed E-state index contributed by atoms with van der Waals surface area (Å²) in [5.41, 5.74) is 2.96. The third-order valence-corrected chi connectivity index (χ3v) is 4.79. The number of rotatable bonds is 5. The number of aromatic nitrogens is 1. The molecule has 0 saturated heterocycles. The predicted molar refractivity (Wildman–Crippen MR) is 110 cm³/mol. The Morgan fingerprint density at radius 1 is 1.29 bits per heavy atom. The molecule has 0 bridgehead atoms. The number of hydrogen-bond donors (Lipinski definition) is 0. The first-order chi connectivity index (χ1) is 13.4. The Kier molecular flexibility index (Phi) is 5.93. The summed E-state index contributed by atoms with van der Waals surface area (Å²) < 4.78 is 23.3. The van der Waals surface area contributed by atoms with Crippen molar-refractivity contribution in [2.24, 2.45) is 4.99 Å². The molecule has 0 aliphatic carbocycles. The highest BCUT2D eigenvalue weighted by Gasteiger charge is 2.19. The molecule has 8 heteroatoms. The third-order valence-electron chi connectivity index (χ3n) is 3.77. The molecule has 0 atom stereocenters. The molecule has 0 N–H and O–H groups in total. The number of benzene rings is 2. The van der Waals surface area contributed by atoms with Crippen LogP contribution in [0.2, 0.25) is 5.02 Å². The van der Waals surface area contributed by atoms with Crippen LogP contribution in [0.1, 0.15) is 11.1 Å². The molecule has 0 radical (unpaired) electrons. The van der Waals surface area contributed by atoms with E-state index in [-0.39, 0.29) is 11.4 Å². The lowest BCUT2D eigenvalue weighted by atomic mass is 10.1. The van der Waals surface area contributed by atoms with Crippen LogP contribution in [0.15, 0.2) is 41.4 Å². The van der Waals surface area contributed by atoms with E-state index >= 15 is 0 Å². The highest BCUT2D eigenvalue weighted by Crippen LogP contribution is 2.40. The Balaban J connectivity index is 1.93. The minimum Gasteiger partial charge on any atom is -0.442 e. The van der Waals surface area contributed by atoms with Gasteiger partial charge in [-0.05, 0) is 48.9 Å². The number of hydrogen-bond acceptors (Lipinski definition) is 5.